The van der Waals surface area contributed by atoms with E-state index in [4.69, 9.17) is 5.73 Å². The highest BCUT2D eigenvalue weighted by Gasteiger charge is 2.40. The van der Waals surface area contributed by atoms with E-state index in [9.17, 15) is 16.8 Å². The maximum Gasteiger partial charge on any atom is 0.242 e. The summed E-state index contributed by atoms with van der Waals surface area (Å²) in [7, 11) is -4.78. The third kappa shape index (κ3) is 4.58. The molecule has 0 saturated heterocycles. The van der Waals surface area contributed by atoms with Crippen LogP contribution in [-0.4, -0.2) is 47.3 Å². The normalized spacial score (nSPS) is 24.3. The summed E-state index contributed by atoms with van der Waals surface area (Å²) in [5, 5.41) is 0. The minimum absolute atomic E-state index is 0. The zero-order valence-corrected chi connectivity index (χ0v) is 17.8. The molecule has 2 unspecified atom stereocenters. The third-order valence-corrected chi connectivity index (χ3v) is 8.41. The molecule has 0 bridgehead atoms. The van der Waals surface area contributed by atoms with Crippen molar-refractivity contribution < 1.29 is 16.8 Å². The number of hydrogen-bond donors (Lipinski definition) is 2. The predicted molar refractivity (Wildman–Crippen MR) is 104 cm³/mol. The monoisotopic (exact) mass is 425 g/mol. The van der Waals surface area contributed by atoms with E-state index < -0.39 is 25.6 Å². The van der Waals surface area contributed by atoms with Gasteiger partial charge in [0.2, 0.25) is 20.0 Å². The molecular weight excluding hydrogens is 398 g/mol. The molecule has 3 N–H and O–H groups in total. The summed E-state index contributed by atoms with van der Waals surface area (Å²) in [6.07, 6.45) is 3.56. The van der Waals surface area contributed by atoms with E-state index >= 15 is 0 Å². The molecule has 0 radical (unpaired) electrons. The van der Waals surface area contributed by atoms with Crippen LogP contribution in [0.5, 0.6) is 0 Å². The largest absolute Gasteiger partial charge is 0.329 e. The van der Waals surface area contributed by atoms with Gasteiger partial charge in [0.1, 0.15) is 0 Å². The minimum atomic E-state index is -3.88. The van der Waals surface area contributed by atoms with E-state index in [0.29, 0.717) is 6.42 Å². The number of nitrogens with two attached hydrogens (primary N) is 1. The van der Waals surface area contributed by atoms with Crippen molar-refractivity contribution in [1.82, 2.24) is 9.03 Å². The Kier molecular flexibility index (Phi) is 7.66. The molecule has 26 heavy (non-hydrogen) atoms. The lowest BCUT2D eigenvalue weighted by Gasteiger charge is -2.42. The predicted octanol–water partition coefficient (Wildman–Crippen LogP) is 1.54. The van der Waals surface area contributed by atoms with Crippen LogP contribution in [0.1, 0.15) is 32.6 Å². The summed E-state index contributed by atoms with van der Waals surface area (Å²) < 4.78 is 54.1. The quantitative estimate of drug-likeness (QED) is 0.718. The highest BCUT2D eigenvalue weighted by molar-refractivity contribution is 7.90. The summed E-state index contributed by atoms with van der Waals surface area (Å²) in [5.41, 5.74) is 5.24. The molecular formula is C16H28ClN3O4S2. The third-order valence-electron chi connectivity index (χ3n) is 5.05. The number of sulfonamides is 2. The molecule has 0 aromatic heterocycles. The van der Waals surface area contributed by atoms with Gasteiger partial charge in [-0.05, 0) is 37.0 Å². The maximum absolute atomic E-state index is 12.9. The highest BCUT2D eigenvalue weighted by atomic mass is 35.5. The fourth-order valence-corrected chi connectivity index (χ4v) is 5.85. The zero-order valence-electron chi connectivity index (χ0n) is 15.3. The van der Waals surface area contributed by atoms with Gasteiger partial charge in [-0.2, -0.15) is 0 Å². The molecule has 0 spiro atoms. The molecule has 1 aliphatic carbocycles. The molecule has 1 aromatic rings. The maximum atomic E-state index is 12.9. The van der Waals surface area contributed by atoms with Gasteiger partial charge in [0.15, 0.2) is 0 Å². The average Bonchev–Trinajstić information content (AvgIpc) is 2.57. The van der Waals surface area contributed by atoms with Gasteiger partial charge >= 0.3 is 0 Å². The summed E-state index contributed by atoms with van der Waals surface area (Å²) in [5.74, 6) is 0.120. The second-order valence-electron chi connectivity index (χ2n) is 6.87. The number of benzene rings is 1. The van der Waals surface area contributed by atoms with E-state index in [-0.39, 0.29) is 34.7 Å². The van der Waals surface area contributed by atoms with Crippen molar-refractivity contribution >= 4 is 32.5 Å². The van der Waals surface area contributed by atoms with Crippen LogP contribution < -0.4 is 10.5 Å². The molecule has 150 valence electrons. The van der Waals surface area contributed by atoms with Gasteiger partial charge in [-0.1, -0.05) is 25.8 Å². The summed E-state index contributed by atoms with van der Waals surface area (Å²) >= 11 is 0. The van der Waals surface area contributed by atoms with E-state index in [1.807, 2.05) is 6.92 Å². The first-order valence-corrected chi connectivity index (χ1v) is 11.2. The van der Waals surface area contributed by atoms with Gasteiger partial charge in [0, 0.05) is 26.2 Å². The Balaban J connectivity index is 0.00000338. The molecule has 0 aliphatic heterocycles. The van der Waals surface area contributed by atoms with Gasteiger partial charge in [-0.3, -0.25) is 0 Å². The van der Waals surface area contributed by atoms with E-state index in [1.54, 1.807) is 0 Å². The minimum Gasteiger partial charge on any atom is -0.329 e. The Morgan fingerprint density at radius 2 is 1.81 bits per heavy atom. The first kappa shape index (κ1) is 23.3. The second kappa shape index (κ2) is 8.53. The van der Waals surface area contributed by atoms with Crippen LogP contribution in [0, 0.1) is 5.92 Å². The molecule has 10 heteroatoms. The molecule has 0 heterocycles. The fraction of sp³-hybridized carbons (Fsp3) is 0.625. The lowest BCUT2D eigenvalue weighted by atomic mass is 9.74. The first-order chi connectivity index (χ1) is 11.5. The van der Waals surface area contributed by atoms with Crippen LogP contribution >= 0.6 is 12.4 Å². The van der Waals surface area contributed by atoms with Crippen LogP contribution in [-0.2, 0) is 20.0 Å². The Hall–Kier alpha value is -0.710. The molecule has 7 nitrogen and oxygen atoms in total. The number of rotatable bonds is 6. The van der Waals surface area contributed by atoms with Crippen LogP contribution in [0.25, 0.3) is 0 Å². The van der Waals surface area contributed by atoms with Crippen LogP contribution in [0.2, 0.25) is 0 Å². The van der Waals surface area contributed by atoms with Crippen molar-refractivity contribution in [1.29, 1.82) is 0 Å². The molecule has 1 aromatic carbocycles. The Morgan fingerprint density at radius 1 is 1.19 bits per heavy atom. The van der Waals surface area contributed by atoms with Crippen molar-refractivity contribution in [2.75, 3.05) is 20.6 Å². The van der Waals surface area contributed by atoms with E-state index in [2.05, 4.69) is 4.72 Å². The number of nitrogens with one attached hydrogen (secondary N) is 1. The van der Waals surface area contributed by atoms with Gasteiger partial charge in [-0.15, -0.1) is 12.4 Å². The van der Waals surface area contributed by atoms with Crippen LogP contribution in [0.4, 0.5) is 0 Å². The lowest BCUT2D eigenvalue weighted by molar-refractivity contribution is 0.191. The standard InChI is InChI=1S/C16H27N3O4S2.ClH/c1-13-7-4-5-10-16(13,12-17)18-24(20,21)14-8-6-9-15(11-14)25(22,23)19(2)3;/h6,8-9,11,13,18H,4-5,7,10,12,17H2,1-3H3;1H. The average molecular weight is 426 g/mol. The van der Waals surface area contributed by atoms with Crippen molar-refractivity contribution in [3.63, 3.8) is 0 Å². The van der Waals surface area contributed by atoms with Crippen molar-refractivity contribution in [2.45, 2.75) is 47.9 Å². The van der Waals surface area contributed by atoms with Gasteiger partial charge in [0.25, 0.3) is 0 Å². The Labute approximate surface area is 162 Å². The number of nitrogens with zero attached hydrogens (tertiary/aromatic N) is 1. The van der Waals surface area contributed by atoms with Gasteiger partial charge in [-0.25, -0.2) is 25.9 Å². The smallest absolute Gasteiger partial charge is 0.242 e. The Morgan fingerprint density at radius 3 is 2.35 bits per heavy atom. The van der Waals surface area contributed by atoms with Crippen LogP contribution in [0.15, 0.2) is 34.1 Å². The molecule has 1 saturated carbocycles. The second-order valence-corrected chi connectivity index (χ2v) is 10.7. The molecule has 2 atom stereocenters. The molecule has 0 amide bonds. The molecule has 1 fully saturated rings. The summed E-state index contributed by atoms with van der Waals surface area (Å²) in [4.78, 5) is -0.125. The van der Waals surface area contributed by atoms with Gasteiger partial charge < -0.3 is 5.73 Å². The Bertz CT molecular complexity index is 828. The first-order valence-electron chi connectivity index (χ1n) is 8.32. The van der Waals surface area contributed by atoms with E-state index in [1.165, 1.54) is 38.4 Å². The van der Waals surface area contributed by atoms with E-state index in [0.717, 1.165) is 23.6 Å². The number of halogens is 1. The van der Waals surface area contributed by atoms with Crippen molar-refractivity contribution in [3.05, 3.63) is 24.3 Å². The zero-order chi connectivity index (χ0) is 18.9. The lowest BCUT2D eigenvalue weighted by Crippen LogP contribution is -2.58. The summed E-state index contributed by atoms with van der Waals surface area (Å²) in [6, 6.07) is 5.41. The van der Waals surface area contributed by atoms with Crippen molar-refractivity contribution in [3.8, 4) is 0 Å². The molecule has 1 aliphatic rings. The van der Waals surface area contributed by atoms with Crippen LogP contribution in [0.3, 0.4) is 0 Å². The van der Waals surface area contributed by atoms with Gasteiger partial charge in [0.05, 0.1) is 9.79 Å². The molecule has 2 rings (SSSR count). The number of hydrogen-bond acceptors (Lipinski definition) is 5. The fourth-order valence-electron chi connectivity index (χ4n) is 3.25. The summed E-state index contributed by atoms with van der Waals surface area (Å²) in [6.45, 7) is 2.21. The van der Waals surface area contributed by atoms with Crippen molar-refractivity contribution in [2.24, 2.45) is 11.7 Å². The SMILES string of the molecule is CC1CCCCC1(CN)NS(=O)(=O)c1cccc(S(=O)(=O)N(C)C)c1.Cl. The highest BCUT2D eigenvalue weighted by Crippen LogP contribution is 2.34. The topological polar surface area (TPSA) is 110 Å².